The largest absolute Gasteiger partial charge is 0.356 e. The summed E-state index contributed by atoms with van der Waals surface area (Å²) in [4.78, 5) is 10.4. The van der Waals surface area contributed by atoms with Gasteiger partial charge in [0.1, 0.15) is 0 Å². The van der Waals surface area contributed by atoms with E-state index in [0.717, 1.165) is 32.4 Å². The second-order valence-corrected chi connectivity index (χ2v) is 2.51. The van der Waals surface area contributed by atoms with Crippen molar-refractivity contribution in [2.24, 2.45) is 0 Å². The lowest BCUT2D eigenvalue weighted by Gasteiger charge is -2.08. The summed E-state index contributed by atoms with van der Waals surface area (Å²) in [7, 11) is 1.93. The van der Waals surface area contributed by atoms with E-state index in [4.69, 9.17) is 0 Å². The summed E-state index contributed by atoms with van der Waals surface area (Å²) in [5, 5.41) is 5.67. The molecular weight excluding hydrogens is 164 g/mol. The predicted octanol–water partition coefficient (Wildman–Crippen LogP) is 1.54. The van der Waals surface area contributed by atoms with E-state index < -0.39 is 0 Å². The van der Waals surface area contributed by atoms with Gasteiger partial charge in [0, 0.05) is 13.0 Å². The molecule has 1 saturated heterocycles. The van der Waals surface area contributed by atoms with Crippen molar-refractivity contribution >= 4 is 5.91 Å². The SMILES string of the molecule is CC.CCNC.O=C1CCCCN1. The third-order valence-electron chi connectivity index (χ3n) is 1.51. The lowest BCUT2D eigenvalue weighted by atomic mass is 10.2. The molecule has 1 heterocycles. The Morgan fingerprint density at radius 1 is 1.38 bits per heavy atom. The molecule has 80 valence electrons. The van der Waals surface area contributed by atoms with E-state index in [0.29, 0.717) is 0 Å². The van der Waals surface area contributed by atoms with Crippen molar-refractivity contribution < 1.29 is 4.79 Å². The normalized spacial score (nSPS) is 14.3. The monoisotopic (exact) mass is 188 g/mol. The topological polar surface area (TPSA) is 41.1 Å². The quantitative estimate of drug-likeness (QED) is 0.655. The van der Waals surface area contributed by atoms with Crippen molar-refractivity contribution in [3.63, 3.8) is 0 Å². The number of nitrogens with one attached hydrogen (secondary N) is 2. The van der Waals surface area contributed by atoms with Gasteiger partial charge in [-0.15, -0.1) is 0 Å². The van der Waals surface area contributed by atoms with E-state index in [1.165, 1.54) is 0 Å². The first-order chi connectivity index (χ1) is 6.31. The van der Waals surface area contributed by atoms with Gasteiger partial charge >= 0.3 is 0 Å². The summed E-state index contributed by atoms with van der Waals surface area (Å²) < 4.78 is 0. The summed E-state index contributed by atoms with van der Waals surface area (Å²) in [5.41, 5.74) is 0. The molecule has 0 radical (unpaired) electrons. The summed E-state index contributed by atoms with van der Waals surface area (Å²) in [5.74, 6) is 0.214. The van der Waals surface area contributed by atoms with Crippen molar-refractivity contribution in [2.75, 3.05) is 20.1 Å². The standard InChI is InChI=1S/C5H9NO.C3H9N.C2H6/c7-5-3-1-2-4-6-5;1-3-4-2;1-2/h1-4H2,(H,6,7);4H,3H2,1-2H3;1-2H3. The van der Waals surface area contributed by atoms with Crippen LogP contribution in [0, 0.1) is 0 Å². The number of hydrogen-bond donors (Lipinski definition) is 2. The highest BCUT2D eigenvalue weighted by Gasteiger charge is 2.04. The third kappa shape index (κ3) is 14.3. The van der Waals surface area contributed by atoms with Crippen LogP contribution in [-0.2, 0) is 4.79 Å². The lowest BCUT2D eigenvalue weighted by Crippen LogP contribution is -2.28. The molecule has 0 unspecified atom stereocenters. The van der Waals surface area contributed by atoms with Crippen LogP contribution in [0.15, 0.2) is 0 Å². The number of rotatable bonds is 1. The Kier molecular flexibility index (Phi) is 16.1. The number of carbonyl (C=O) groups is 1. The summed E-state index contributed by atoms with van der Waals surface area (Å²) in [6, 6.07) is 0. The molecule has 0 aliphatic carbocycles. The predicted molar refractivity (Wildman–Crippen MR) is 57.8 cm³/mol. The average molecular weight is 188 g/mol. The highest BCUT2D eigenvalue weighted by atomic mass is 16.1. The number of amides is 1. The molecule has 0 spiro atoms. The molecule has 0 aromatic heterocycles. The number of piperidine rings is 1. The first-order valence-corrected chi connectivity index (χ1v) is 5.22. The van der Waals surface area contributed by atoms with Crippen molar-refractivity contribution in [3.05, 3.63) is 0 Å². The zero-order valence-corrected chi connectivity index (χ0v) is 9.44. The fourth-order valence-electron chi connectivity index (χ4n) is 0.727. The van der Waals surface area contributed by atoms with Gasteiger partial charge in [-0.05, 0) is 26.4 Å². The van der Waals surface area contributed by atoms with Crippen LogP contribution < -0.4 is 10.6 Å². The zero-order chi connectivity index (χ0) is 10.5. The molecule has 0 aromatic rings. The Morgan fingerprint density at radius 3 is 2.08 bits per heavy atom. The van der Waals surface area contributed by atoms with Gasteiger partial charge in [-0.25, -0.2) is 0 Å². The molecule has 1 aliphatic rings. The molecule has 2 N–H and O–H groups in total. The molecular formula is C10H24N2O. The van der Waals surface area contributed by atoms with E-state index in [1.807, 2.05) is 20.9 Å². The smallest absolute Gasteiger partial charge is 0.219 e. The summed E-state index contributed by atoms with van der Waals surface area (Å²) >= 11 is 0. The van der Waals surface area contributed by atoms with Gasteiger partial charge in [-0.1, -0.05) is 20.8 Å². The molecule has 1 aliphatic heterocycles. The number of carbonyl (C=O) groups excluding carboxylic acids is 1. The molecule has 3 heteroatoms. The van der Waals surface area contributed by atoms with Gasteiger partial charge in [-0.2, -0.15) is 0 Å². The molecule has 0 aromatic carbocycles. The summed E-state index contributed by atoms with van der Waals surface area (Å²) in [6.45, 7) is 8.03. The number of hydrogen-bond acceptors (Lipinski definition) is 2. The highest BCUT2D eigenvalue weighted by Crippen LogP contribution is 1.98. The Bertz CT molecular complexity index is 95.1. The Hall–Kier alpha value is -0.570. The maximum absolute atomic E-state index is 10.4. The van der Waals surface area contributed by atoms with Gasteiger partial charge in [-0.3, -0.25) is 4.79 Å². The molecule has 13 heavy (non-hydrogen) atoms. The minimum atomic E-state index is 0.214. The second-order valence-electron chi connectivity index (χ2n) is 2.51. The highest BCUT2D eigenvalue weighted by molar-refractivity contribution is 5.76. The first-order valence-electron chi connectivity index (χ1n) is 5.22. The third-order valence-corrected chi connectivity index (χ3v) is 1.51. The molecule has 1 rings (SSSR count). The fourth-order valence-corrected chi connectivity index (χ4v) is 0.727. The Labute approximate surface area is 82.3 Å². The van der Waals surface area contributed by atoms with Crippen molar-refractivity contribution in [2.45, 2.75) is 40.0 Å². The van der Waals surface area contributed by atoms with Crippen LogP contribution in [0.2, 0.25) is 0 Å². The average Bonchev–Trinajstić information content (AvgIpc) is 2.22. The van der Waals surface area contributed by atoms with Crippen LogP contribution in [0.4, 0.5) is 0 Å². The van der Waals surface area contributed by atoms with Crippen LogP contribution in [0.5, 0.6) is 0 Å². The summed E-state index contributed by atoms with van der Waals surface area (Å²) in [6.07, 6.45) is 2.97. The molecule has 3 nitrogen and oxygen atoms in total. The van der Waals surface area contributed by atoms with Gasteiger partial charge in [0.15, 0.2) is 0 Å². The van der Waals surface area contributed by atoms with E-state index >= 15 is 0 Å². The minimum Gasteiger partial charge on any atom is -0.356 e. The van der Waals surface area contributed by atoms with Crippen molar-refractivity contribution in [3.8, 4) is 0 Å². The molecule has 0 atom stereocenters. The molecule has 1 fully saturated rings. The zero-order valence-electron chi connectivity index (χ0n) is 9.44. The van der Waals surface area contributed by atoms with Gasteiger partial charge in [0.2, 0.25) is 5.91 Å². The molecule has 0 bridgehead atoms. The van der Waals surface area contributed by atoms with Gasteiger partial charge in [0.25, 0.3) is 0 Å². The first kappa shape index (κ1) is 14.9. The Balaban J connectivity index is 0. The van der Waals surface area contributed by atoms with Crippen molar-refractivity contribution in [1.82, 2.24) is 10.6 Å². The fraction of sp³-hybridized carbons (Fsp3) is 0.900. The van der Waals surface area contributed by atoms with Crippen LogP contribution in [0.1, 0.15) is 40.0 Å². The van der Waals surface area contributed by atoms with Crippen LogP contribution in [-0.4, -0.2) is 26.0 Å². The maximum Gasteiger partial charge on any atom is 0.219 e. The molecule has 0 saturated carbocycles. The van der Waals surface area contributed by atoms with Gasteiger partial charge < -0.3 is 10.6 Å². The maximum atomic E-state index is 10.4. The van der Waals surface area contributed by atoms with Crippen molar-refractivity contribution in [1.29, 1.82) is 0 Å². The molecule has 1 amide bonds. The minimum absolute atomic E-state index is 0.214. The van der Waals surface area contributed by atoms with Gasteiger partial charge in [0.05, 0.1) is 0 Å². The second kappa shape index (κ2) is 14.0. The van der Waals surface area contributed by atoms with E-state index in [1.54, 1.807) is 0 Å². The van der Waals surface area contributed by atoms with Crippen LogP contribution >= 0.6 is 0 Å². The van der Waals surface area contributed by atoms with E-state index in [9.17, 15) is 4.79 Å². The van der Waals surface area contributed by atoms with E-state index in [2.05, 4.69) is 17.6 Å². The van der Waals surface area contributed by atoms with E-state index in [-0.39, 0.29) is 5.91 Å². The lowest BCUT2D eigenvalue weighted by molar-refractivity contribution is -0.122. The van der Waals surface area contributed by atoms with Crippen LogP contribution in [0.25, 0.3) is 0 Å². The van der Waals surface area contributed by atoms with Crippen LogP contribution in [0.3, 0.4) is 0 Å². The Morgan fingerprint density at radius 2 is 1.92 bits per heavy atom.